The molecular weight excluding hydrogens is 457 g/mol. The number of aryl methyl sites for hydroxylation is 1. The van der Waals surface area contributed by atoms with Crippen LogP contribution < -0.4 is 10.6 Å². The number of aliphatic imine (C=N–C) groups is 1. The van der Waals surface area contributed by atoms with Crippen LogP contribution in [-0.2, 0) is 13.1 Å². The van der Waals surface area contributed by atoms with Crippen molar-refractivity contribution in [1.29, 1.82) is 0 Å². The molecule has 0 aliphatic carbocycles. The maximum atomic E-state index is 4.69. The van der Waals surface area contributed by atoms with Gasteiger partial charge in [0.2, 0.25) is 0 Å². The third-order valence-corrected chi connectivity index (χ3v) is 4.98. The average Bonchev–Trinajstić information content (AvgIpc) is 3.25. The van der Waals surface area contributed by atoms with E-state index in [1.807, 2.05) is 29.8 Å². The van der Waals surface area contributed by atoms with E-state index in [2.05, 4.69) is 57.3 Å². The first-order valence-corrected chi connectivity index (χ1v) is 9.14. The summed E-state index contributed by atoms with van der Waals surface area (Å²) in [5.74, 6) is 0.791. The Hall–Kier alpha value is -1.87. The summed E-state index contributed by atoms with van der Waals surface area (Å²) in [7, 11) is 1.79. The number of halogens is 1. The molecule has 0 aliphatic heterocycles. The molecule has 2 aromatic heterocycles. The van der Waals surface area contributed by atoms with Crippen LogP contribution in [0.3, 0.4) is 0 Å². The third kappa shape index (κ3) is 4.85. The highest BCUT2D eigenvalue weighted by Gasteiger charge is 2.13. The number of nitrogens with one attached hydrogen (secondary N) is 2. The van der Waals surface area contributed by atoms with Gasteiger partial charge in [-0.3, -0.25) is 4.99 Å². The zero-order valence-corrected chi connectivity index (χ0v) is 18.3. The molecule has 0 radical (unpaired) electrons. The first-order valence-electron chi connectivity index (χ1n) is 8.26. The number of rotatable bonds is 5. The molecule has 0 fully saturated rings. The zero-order chi connectivity index (χ0) is 17.6. The predicted octanol–water partition coefficient (Wildman–Crippen LogP) is 4.03. The topological polar surface area (TPSA) is 54.2 Å². The summed E-state index contributed by atoms with van der Waals surface area (Å²) in [6.45, 7) is 5.62. The standard InChI is InChI=1S/C19H23N5S.HI/c1-14-18(15(2)24(23-14)16-8-5-4-6-9-16)13-22-19(20-3)21-12-17-10-7-11-25-17;/h4-11H,12-13H2,1-3H3,(H2,20,21,22);1H. The third-order valence-electron chi connectivity index (χ3n) is 4.11. The van der Waals surface area contributed by atoms with Gasteiger partial charge >= 0.3 is 0 Å². The number of hydrogen-bond acceptors (Lipinski definition) is 3. The van der Waals surface area contributed by atoms with E-state index in [9.17, 15) is 0 Å². The van der Waals surface area contributed by atoms with Crippen LogP contribution in [-0.4, -0.2) is 22.8 Å². The summed E-state index contributed by atoms with van der Waals surface area (Å²) in [4.78, 5) is 5.58. The number of nitrogens with zero attached hydrogens (tertiary/aromatic N) is 3. The summed E-state index contributed by atoms with van der Waals surface area (Å²) in [6.07, 6.45) is 0. The lowest BCUT2D eigenvalue weighted by Crippen LogP contribution is -2.36. The van der Waals surface area contributed by atoms with E-state index < -0.39 is 0 Å². The van der Waals surface area contributed by atoms with Crippen molar-refractivity contribution in [3.63, 3.8) is 0 Å². The number of para-hydroxylation sites is 1. The van der Waals surface area contributed by atoms with Gasteiger partial charge in [-0.15, -0.1) is 35.3 Å². The summed E-state index contributed by atoms with van der Waals surface area (Å²) < 4.78 is 1.99. The molecule has 0 saturated carbocycles. The number of benzene rings is 1. The second-order valence-corrected chi connectivity index (χ2v) is 6.79. The van der Waals surface area contributed by atoms with Gasteiger partial charge in [-0.25, -0.2) is 4.68 Å². The molecule has 26 heavy (non-hydrogen) atoms. The van der Waals surface area contributed by atoms with Crippen LogP contribution in [0.4, 0.5) is 0 Å². The number of hydrogen-bond donors (Lipinski definition) is 2. The van der Waals surface area contributed by atoms with Crippen molar-refractivity contribution in [3.8, 4) is 5.69 Å². The van der Waals surface area contributed by atoms with E-state index in [-0.39, 0.29) is 24.0 Å². The van der Waals surface area contributed by atoms with Gasteiger partial charge in [0, 0.05) is 29.7 Å². The molecule has 0 aliphatic rings. The van der Waals surface area contributed by atoms with E-state index in [0.29, 0.717) is 6.54 Å². The van der Waals surface area contributed by atoms with Crippen molar-refractivity contribution in [1.82, 2.24) is 20.4 Å². The first-order chi connectivity index (χ1) is 12.2. The number of guanidine groups is 1. The summed E-state index contributed by atoms with van der Waals surface area (Å²) >= 11 is 1.74. The van der Waals surface area contributed by atoms with E-state index in [1.54, 1.807) is 18.4 Å². The quantitative estimate of drug-likeness (QED) is 0.329. The van der Waals surface area contributed by atoms with Gasteiger partial charge in [0.15, 0.2) is 5.96 Å². The Balaban J connectivity index is 0.00000243. The molecule has 138 valence electrons. The molecule has 5 nitrogen and oxygen atoms in total. The van der Waals surface area contributed by atoms with Crippen LogP contribution >= 0.6 is 35.3 Å². The van der Waals surface area contributed by atoms with E-state index >= 15 is 0 Å². The SMILES string of the molecule is CN=C(NCc1cccs1)NCc1c(C)nn(-c2ccccc2)c1C.I. The highest BCUT2D eigenvalue weighted by Crippen LogP contribution is 2.17. The molecule has 2 heterocycles. The van der Waals surface area contributed by atoms with Crippen LogP contribution in [0.1, 0.15) is 21.8 Å². The first kappa shape index (κ1) is 20.4. The minimum atomic E-state index is 0. The summed E-state index contributed by atoms with van der Waals surface area (Å²) in [5.41, 5.74) is 4.45. The van der Waals surface area contributed by atoms with Crippen molar-refractivity contribution in [3.05, 3.63) is 69.7 Å². The molecule has 7 heteroatoms. The maximum absolute atomic E-state index is 4.69. The van der Waals surface area contributed by atoms with Gasteiger partial charge in [-0.1, -0.05) is 24.3 Å². The normalized spacial score (nSPS) is 11.1. The highest BCUT2D eigenvalue weighted by molar-refractivity contribution is 14.0. The predicted molar refractivity (Wildman–Crippen MR) is 120 cm³/mol. The van der Waals surface area contributed by atoms with Crippen molar-refractivity contribution in [2.24, 2.45) is 4.99 Å². The Kier molecular flexibility index (Phi) is 7.65. The Bertz CT molecular complexity index is 840. The van der Waals surface area contributed by atoms with E-state index in [1.165, 1.54) is 10.4 Å². The molecule has 0 atom stereocenters. The Morgan fingerprint density at radius 1 is 1.08 bits per heavy atom. The van der Waals surface area contributed by atoms with Gasteiger partial charge in [-0.05, 0) is 37.4 Å². The molecule has 0 amide bonds. The second-order valence-electron chi connectivity index (χ2n) is 5.76. The number of aromatic nitrogens is 2. The summed E-state index contributed by atoms with van der Waals surface area (Å²) in [6, 6.07) is 14.4. The van der Waals surface area contributed by atoms with Crippen LogP contribution in [0.2, 0.25) is 0 Å². The Labute approximate surface area is 175 Å². The van der Waals surface area contributed by atoms with Gasteiger partial charge < -0.3 is 10.6 Å². The van der Waals surface area contributed by atoms with Gasteiger partial charge in [0.1, 0.15) is 0 Å². The zero-order valence-electron chi connectivity index (χ0n) is 15.2. The lowest BCUT2D eigenvalue weighted by atomic mass is 10.2. The van der Waals surface area contributed by atoms with Crippen molar-refractivity contribution in [2.45, 2.75) is 26.9 Å². The van der Waals surface area contributed by atoms with Crippen molar-refractivity contribution in [2.75, 3.05) is 7.05 Å². The van der Waals surface area contributed by atoms with Crippen LogP contribution in [0.5, 0.6) is 0 Å². The van der Waals surface area contributed by atoms with Crippen molar-refractivity contribution < 1.29 is 0 Å². The molecule has 3 rings (SSSR count). The molecule has 0 saturated heterocycles. The monoisotopic (exact) mass is 481 g/mol. The minimum absolute atomic E-state index is 0. The Morgan fingerprint density at radius 2 is 1.81 bits per heavy atom. The van der Waals surface area contributed by atoms with Gasteiger partial charge in [0.25, 0.3) is 0 Å². The van der Waals surface area contributed by atoms with Crippen LogP contribution in [0, 0.1) is 13.8 Å². The molecular formula is C19H24IN5S. The fourth-order valence-corrected chi connectivity index (χ4v) is 3.37. The van der Waals surface area contributed by atoms with Gasteiger partial charge in [-0.2, -0.15) is 5.10 Å². The molecule has 0 bridgehead atoms. The van der Waals surface area contributed by atoms with Crippen LogP contribution in [0.15, 0.2) is 52.8 Å². The largest absolute Gasteiger partial charge is 0.352 e. The molecule has 2 N–H and O–H groups in total. The molecule has 0 unspecified atom stereocenters. The summed E-state index contributed by atoms with van der Waals surface area (Å²) in [5, 5.41) is 13.5. The van der Waals surface area contributed by atoms with Crippen molar-refractivity contribution >= 4 is 41.3 Å². The smallest absolute Gasteiger partial charge is 0.191 e. The fraction of sp³-hybridized carbons (Fsp3) is 0.263. The Morgan fingerprint density at radius 3 is 2.46 bits per heavy atom. The minimum Gasteiger partial charge on any atom is -0.352 e. The molecule has 1 aromatic carbocycles. The lowest BCUT2D eigenvalue weighted by molar-refractivity contribution is 0.805. The van der Waals surface area contributed by atoms with E-state index in [4.69, 9.17) is 0 Å². The molecule has 0 spiro atoms. The lowest BCUT2D eigenvalue weighted by Gasteiger charge is -2.11. The fourth-order valence-electron chi connectivity index (χ4n) is 2.73. The second kappa shape index (κ2) is 9.72. The van der Waals surface area contributed by atoms with E-state index in [0.717, 1.165) is 29.6 Å². The van der Waals surface area contributed by atoms with Crippen LogP contribution in [0.25, 0.3) is 5.69 Å². The maximum Gasteiger partial charge on any atom is 0.191 e. The average molecular weight is 481 g/mol. The number of thiophene rings is 1. The van der Waals surface area contributed by atoms with Gasteiger partial charge in [0.05, 0.1) is 17.9 Å². The highest BCUT2D eigenvalue weighted by atomic mass is 127. The molecule has 3 aromatic rings.